The van der Waals surface area contributed by atoms with E-state index in [0.717, 1.165) is 5.01 Å². The number of carboxylic acids is 1. The van der Waals surface area contributed by atoms with E-state index in [4.69, 9.17) is 16.7 Å². The Morgan fingerprint density at radius 3 is 2.85 bits per heavy atom. The first-order valence-corrected chi connectivity index (χ1v) is 6.78. The zero-order valence-electron chi connectivity index (χ0n) is 10.1. The molecular formula is C12H10ClN3O3S. The Morgan fingerprint density at radius 1 is 1.40 bits per heavy atom. The fraction of sp³-hybridized carbons (Fsp3) is 0.0833. The van der Waals surface area contributed by atoms with E-state index in [-0.39, 0.29) is 22.8 Å². The van der Waals surface area contributed by atoms with Crippen molar-refractivity contribution >= 4 is 40.6 Å². The number of rotatable bonds is 4. The number of carboxylic acid groups (broad SMARTS) is 1. The number of anilines is 1. The minimum Gasteiger partial charge on any atom is -0.478 e. The number of nitrogens with zero attached hydrogens (tertiary/aromatic N) is 1. The third-order valence-corrected chi connectivity index (χ3v) is 3.45. The van der Waals surface area contributed by atoms with Crippen molar-refractivity contribution in [2.45, 2.75) is 6.54 Å². The number of benzene rings is 1. The van der Waals surface area contributed by atoms with Gasteiger partial charge in [0, 0.05) is 11.6 Å². The van der Waals surface area contributed by atoms with Crippen LogP contribution in [0.5, 0.6) is 0 Å². The average Bonchev–Trinajstić information content (AvgIpc) is 2.89. The van der Waals surface area contributed by atoms with E-state index in [9.17, 15) is 9.59 Å². The van der Waals surface area contributed by atoms with Gasteiger partial charge in [0.2, 0.25) is 0 Å². The summed E-state index contributed by atoms with van der Waals surface area (Å²) < 4.78 is 0. The number of aromatic nitrogens is 1. The number of hydrogen-bond donors (Lipinski definition) is 3. The third kappa shape index (κ3) is 3.46. The summed E-state index contributed by atoms with van der Waals surface area (Å²) in [5, 5.41) is 16.7. The molecular weight excluding hydrogens is 302 g/mol. The Balaban J connectivity index is 2.04. The topological polar surface area (TPSA) is 91.3 Å². The molecule has 0 saturated heterocycles. The molecule has 2 rings (SSSR count). The van der Waals surface area contributed by atoms with Crippen molar-refractivity contribution in [2.24, 2.45) is 0 Å². The lowest BCUT2D eigenvalue weighted by Gasteiger charge is -2.10. The second kappa shape index (κ2) is 6.36. The minimum absolute atomic E-state index is 0.0650. The van der Waals surface area contributed by atoms with Crippen LogP contribution in [0.25, 0.3) is 0 Å². The van der Waals surface area contributed by atoms with Crippen LogP contribution in [0.4, 0.5) is 10.5 Å². The van der Waals surface area contributed by atoms with Gasteiger partial charge in [0.25, 0.3) is 0 Å². The summed E-state index contributed by atoms with van der Waals surface area (Å²) in [6.45, 7) is 0.270. The van der Waals surface area contributed by atoms with Crippen molar-refractivity contribution in [3.05, 3.63) is 45.4 Å². The molecule has 6 nitrogen and oxygen atoms in total. The molecule has 0 saturated carbocycles. The van der Waals surface area contributed by atoms with E-state index in [1.54, 1.807) is 17.6 Å². The molecule has 0 unspecified atom stereocenters. The molecule has 8 heteroatoms. The number of carbonyl (C=O) groups is 2. The summed E-state index contributed by atoms with van der Waals surface area (Å²) in [5.41, 5.74) is 0.000189. The van der Waals surface area contributed by atoms with E-state index >= 15 is 0 Å². The number of hydrogen-bond acceptors (Lipinski definition) is 4. The number of urea groups is 1. The fourth-order valence-corrected chi connectivity index (χ4v) is 2.32. The lowest BCUT2D eigenvalue weighted by atomic mass is 10.2. The van der Waals surface area contributed by atoms with E-state index in [1.807, 2.05) is 0 Å². The lowest BCUT2D eigenvalue weighted by molar-refractivity contribution is 0.0698. The predicted molar refractivity (Wildman–Crippen MR) is 76.4 cm³/mol. The van der Waals surface area contributed by atoms with Gasteiger partial charge in [-0.25, -0.2) is 14.6 Å². The van der Waals surface area contributed by atoms with Crippen LogP contribution in [-0.2, 0) is 6.54 Å². The molecule has 20 heavy (non-hydrogen) atoms. The molecule has 0 radical (unpaired) electrons. The molecule has 0 fully saturated rings. The quantitative estimate of drug-likeness (QED) is 0.809. The Morgan fingerprint density at radius 2 is 2.20 bits per heavy atom. The van der Waals surface area contributed by atoms with Crippen molar-refractivity contribution < 1.29 is 14.7 Å². The molecule has 2 amide bonds. The van der Waals surface area contributed by atoms with Crippen molar-refractivity contribution in [1.82, 2.24) is 10.3 Å². The van der Waals surface area contributed by atoms with E-state index in [2.05, 4.69) is 15.6 Å². The van der Waals surface area contributed by atoms with Gasteiger partial charge < -0.3 is 15.7 Å². The van der Waals surface area contributed by atoms with E-state index in [1.165, 1.54) is 23.5 Å². The number of halogens is 1. The molecule has 1 heterocycles. The number of thiazole rings is 1. The molecule has 1 aromatic carbocycles. The second-order valence-corrected chi connectivity index (χ2v) is 5.09. The van der Waals surface area contributed by atoms with Gasteiger partial charge >= 0.3 is 12.0 Å². The zero-order valence-corrected chi connectivity index (χ0v) is 11.7. The van der Waals surface area contributed by atoms with Crippen LogP contribution in [0, 0.1) is 0 Å². The highest BCUT2D eigenvalue weighted by Crippen LogP contribution is 2.24. The molecule has 3 N–H and O–H groups in total. The van der Waals surface area contributed by atoms with Crippen LogP contribution in [0.2, 0.25) is 5.02 Å². The van der Waals surface area contributed by atoms with Gasteiger partial charge in [-0.05, 0) is 12.1 Å². The second-order valence-electron chi connectivity index (χ2n) is 3.70. The minimum atomic E-state index is -1.20. The molecule has 1 aromatic heterocycles. The van der Waals surface area contributed by atoms with Gasteiger partial charge in [0.1, 0.15) is 10.6 Å². The highest BCUT2D eigenvalue weighted by atomic mass is 35.5. The maximum absolute atomic E-state index is 11.7. The summed E-state index contributed by atoms with van der Waals surface area (Å²) in [6.07, 6.45) is 1.64. The van der Waals surface area contributed by atoms with Gasteiger partial charge in [-0.15, -0.1) is 11.3 Å². The molecule has 2 aromatic rings. The van der Waals surface area contributed by atoms with Crippen molar-refractivity contribution in [2.75, 3.05) is 5.32 Å². The van der Waals surface area contributed by atoms with Crippen LogP contribution in [0.1, 0.15) is 15.4 Å². The summed E-state index contributed by atoms with van der Waals surface area (Å²) in [4.78, 5) is 26.8. The monoisotopic (exact) mass is 311 g/mol. The van der Waals surface area contributed by atoms with Crippen LogP contribution < -0.4 is 10.6 Å². The maximum Gasteiger partial charge on any atom is 0.339 e. The van der Waals surface area contributed by atoms with Crippen LogP contribution in [0.3, 0.4) is 0 Å². The Kier molecular flexibility index (Phi) is 4.54. The van der Waals surface area contributed by atoms with Crippen molar-refractivity contribution in [1.29, 1.82) is 0 Å². The molecule has 0 bridgehead atoms. The van der Waals surface area contributed by atoms with E-state index < -0.39 is 12.0 Å². The third-order valence-electron chi connectivity index (χ3n) is 2.36. The summed E-state index contributed by atoms with van der Waals surface area (Å²) in [6, 6.07) is 3.96. The fourth-order valence-electron chi connectivity index (χ4n) is 1.51. The number of carbonyl (C=O) groups excluding carboxylic acids is 1. The Hall–Kier alpha value is -2.12. The highest BCUT2D eigenvalue weighted by molar-refractivity contribution is 7.09. The first-order chi connectivity index (χ1) is 9.58. The summed E-state index contributed by atoms with van der Waals surface area (Å²) >= 11 is 7.22. The summed E-state index contributed by atoms with van der Waals surface area (Å²) in [5.74, 6) is -1.20. The zero-order chi connectivity index (χ0) is 14.5. The van der Waals surface area contributed by atoms with Crippen LogP contribution in [-0.4, -0.2) is 22.1 Å². The molecule has 104 valence electrons. The van der Waals surface area contributed by atoms with E-state index in [0.29, 0.717) is 0 Å². The van der Waals surface area contributed by atoms with Crippen LogP contribution in [0.15, 0.2) is 29.8 Å². The molecule has 0 atom stereocenters. The molecule has 0 spiro atoms. The largest absolute Gasteiger partial charge is 0.478 e. The number of aromatic carboxylic acids is 1. The molecule has 0 aliphatic heterocycles. The lowest BCUT2D eigenvalue weighted by Crippen LogP contribution is -2.28. The van der Waals surface area contributed by atoms with Gasteiger partial charge in [-0.3, -0.25) is 0 Å². The molecule has 0 aliphatic rings. The van der Waals surface area contributed by atoms with Gasteiger partial charge in [-0.2, -0.15) is 0 Å². The number of amides is 2. The van der Waals surface area contributed by atoms with Gasteiger partial charge in [0.05, 0.1) is 17.3 Å². The standard InChI is InChI=1S/C12H10ClN3O3S/c13-7-2-1-3-8(10(7)11(17)18)16-12(19)15-6-9-14-4-5-20-9/h1-5H,6H2,(H,17,18)(H2,15,16,19). The van der Waals surface area contributed by atoms with Crippen LogP contribution >= 0.6 is 22.9 Å². The SMILES string of the molecule is O=C(NCc1nccs1)Nc1cccc(Cl)c1C(=O)O. The maximum atomic E-state index is 11.7. The van der Waals surface area contributed by atoms with Gasteiger partial charge in [-0.1, -0.05) is 17.7 Å². The smallest absolute Gasteiger partial charge is 0.339 e. The predicted octanol–water partition coefficient (Wildman–Crippen LogP) is 2.82. The van der Waals surface area contributed by atoms with Crippen molar-refractivity contribution in [3.8, 4) is 0 Å². The number of nitrogens with one attached hydrogen (secondary N) is 2. The molecule has 0 aliphatic carbocycles. The van der Waals surface area contributed by atoms with Gasteiger partial charge in [0.15, 0.2) is 0 Å². The Labute approximate surface area is 123 Å². The highest BCUT2D eigenvalue weighted by Gasteiger charge is 2.15. The first-order valence-electron chi connectivity index (χ1n) is 5.53. The summed E-state index contributed by atoms with van der Waals surface area (Å²) in [7, 11) is 0. The first kappa shape index (κ1) is 14.3. The van der Waals surface area contributed by atoms with Crippen molar-refractivity contribution in [3.63, 3.8) is 0 Å². The Bertz CT molecular complexity index is 631. The average molecular weight is 312 g/mol. The normalized spacial score (nSPS) is 10.1.